The molecule has 0 radical (unpaired) electrons. The zero-order valence-corrected chi connectivity index (χ0v) is 11.0. The van der Waals surface area contributed by atoms with E-state index in [1.54, 1.807) is 21.3 Å². The van der Waals surface area contributed by atoms with Crippen LogP contribution in [-0.2, 0) is 0 Å². The monoisotopic (exact) mass is 255 g/mol. The van der Waals surface area contributed by atoms with Crippen molar-refractivity contribution in [3.8, 4) is 17.2 Å². The molecule has 0 aliphatic carbocycles. The molecular formula is C12H17NO3S. The van der Waals surface area contributed by atoms with Crippen LogP contribution in [0.2, 0.25) is 0 Å². The van der Waals surface area contributed by atoms with Crippen LogP contribution in [0.15, 0.2) is 12.1 Å². The molecule has 2 atom stereocenters. The normalized spacial score (nSPS) is 22.8. The molecule has 2 unspecified atom stereocenters. The molecule has 2 rings (SSSR count). The summed E-state index contributed by atoms with van der Waals surface area (Å²) in [4.78, 5) is 0. The first-order valence-electron chi connectivity index (χ1n) is 5.38. The van der Waals surface area contributed by atoms with Crippen molar-refractivity contribution in [2.45, 2.75) is 11.3 Å². The number of rotatable bonds is 4. The number of hydrogen-bond donors (Lipinski definition) is 1. The van der Waals surface area contributed by atoms with E-state index in [9.17, 15) is 0 Å². The van der Waals surface area contributed by atoms with Crippen LogP contribution in [0, 0.1) is 0 Å². The number of ether oxygens (including phenoxy) is 3. The molecule has 1 aromatic rings. The third-order valence-corrected chi connectivity index (χ3v) is 4.43. The van der Waals surface area contributed by atoms with Gasteiger partial charge in [0.25, 0.3) is 0 Å². The van der Waals surface area contributed by atoms with E-state index in [1.165, 1.54) is 0 Å². The van der Waals surface area contributed by atoms with Crippen molar-refractivity contribution in [1.82, 2.24) is 0 Å². The van der Waals surface area contributed by atoms with E-state index in [4.69, 9.17) is 19.9 Å². The van der Waals surface area contributed by atoms with Crippen LogP contribution in [0.1, 0.15) is 10.8 Å². The van der Waals surface area contributed by atoms with Gasteiger partial charge in [-0.15, -0.1) is 0 Å². The summed E-state index contributed by atoms with van der Waals surface area (Å²) in [6.45, 7) is 0. The van der Waals surface area contributed by atoms with Gasteiger partial charge in [-0.3, -0.25) is 0 Å². The van der Waals surface area contributed by atoms with Gasteiger partial charge in [0.15, 0.2) is 11.5 Å². The minimum Gasteiger partial charge on any atom is -0.493 e. The fourth-order valence-corrected chi connectivity index (χ4v) is 2.85. The number of hydrogen-bond acceptors (Lipinski definition) is 5. The predicted molar refractivity (Wildman–Crippen MR) is 69.3 cm³/mol. The smallest absolute Gasteiger partial charge is 0.203 e. The summed E-state index contributed by atoms with van der Waals surface area (Å²) in [5, 5.41) is 0.323. The van der Waals surface area contributed by atoms with Crippen LogP contribution < -0.4 is 19.9 Å². The summed E-state index contributed by atoms with van der Waals surface area (Å²) in [7, 11) is 4.84. The van der Waals surface area contributed by atoms with E-state index in [0.717, 1.165) is 11.3 Å². The molecule has 17 heavy (non-hydrogen) atoms. The van der Waals surface area contributed by atoms with Crippen molar-refractivity contribution in [3.05, 3.63) is 17.7 Å². The molecular weight excluding hydrogens is 238 g/mol. The number of methoxy groups -OCH3 is 3. The lowest BCUT2D eigenvalue weighted by Gasteiger charge is -2.33. The van der Waals surface area contributed by atoms with E-state index in [2.05, 4.69) is 0 Å². The average Bonchev–Trinajstić information content (AvgIpc) is 2.35. The van der Waals surface area contributed by atoms with Gasteiger partial charge < -0.3 is 19.9 Å². The minimum atomic E-state index is 0.211. The summed E-state index contributed by atoms with van der Waals surface area (Å²) in [6, 6.07) is 4.15. The maximum atomic E-state index is 5.97. The molecule has 0 saturated carbocycles. The number of benzene rings is 1. The van der Waals surface area contributed by atoms with Crippen molar-refractivity contribution in [2.75, 3.05) is 27.1 Å². The third kappa shape index (κ3) is 2.17. The molecule has 94 valence electrons. The SMILES string of the molecule is COc1cc(C2SCC2N)cc(OC)c1OC. The van der Waals surface area contributed by atoms with Crippen LogP contribution in [0.25, 0.3) is 0 Å². The predicted octanol–water partition coefficient (Wildman–Crippen LogP) is 1.83. The van der Waals surface area contributed by atoms with Gasteiger partial charge in [-0.2, -0.15) is 11.8 Å². The van der Waals surface area contributed by atoms with Crippen molar-refractivity contribution in [3.63, 3.8) is 0 Å². The fourth-order valence-electron chi connectivity index (χ4n) is 1.91. The fraction of sp³-hybridized carbons (Fsp3) is 0.500. The Hall–Kier alpha value is -1.07. The van der Waals surface area contributed by atoms with Gasteiger partial charge in [0, 0.05) is 17.0 Å². The van der Waals surface area contributed by atoms with E-state index >= 15 is 0 Å². The van der Waals surface area contributed by atoms with E-state index in [0.29, 0.717) is 22.5 Å². The molecule has 0 bridgehead atoms. The number of thioether (sulfide) groups is 1. The quantitative estimate of drug-likeness (QED) is 0.889. The third-order valence-electron chi connectivity index (χ3n) is 2.87. The van der Waals surface area contributed by atoms with Crippen molar-refractivity contribution < 1.29 is 14.2 Å². The first-order valence-corrected chi connectivity index (χ1v) is 6.43. The highest BCUT2D eigenvalue weighted by molar-refractivity contribution is 8.01. The Balaban J connectivity index is 2.41. The standard InChI is InChI=1S/C12H17NO3S/c1-14-9-4-7(12-8(13)6-17-12)5-10(15-2)11(9)16-3/h4-5,8,12H,6,13H2,1-3H3. The van der Waals surface area contributed by atoms with Crippen LogP contribution in [0.3, 0.4) is 0 Å². The van der Waals surface area contributed by atoms with Crippen LogP contribution >= 0.6 is 11.8 Å². The lowest BCUT2D eigenvalue weighted by atomic mass is 10.0. The van der Waals surface area contributed by atoms with Crippen molar-refractivity contribution in [2.24, 2.45) is 5.73 Å². The highest BCUT2D eigenvalue weighted by atomic mass is 32.2. The summed E-state index contributed by atoms with van der Waals surface area (Å²) in [5.41, 5.74) is 7.10. The Morgan fingerprint density at radius 3 is 2.00 bits per heavy atom. The second-order valence-electron chi connectivity index (χ2n) is 3.88. The van der Waals surface area contributed by atoms with Gasteiger partial charge >= 0.3 is 0 Å². The molecule has 0 aromatic heterocycles. The van der Waals surface area contributed by atoms with Gasteiger partial charge in [0.2, 0.25) is 5.75 Å². The molecule has 5 heteroatoms. The molecule has 1 aliphatic heterocycles. The maximum Gasteiger partial charge on any atom is 0.203 e. The van der Waals surface area contributed by atoms with Gasteiger partial charge in [0.05, 0.1) is 21.3 Å². The lowest BCUT2D eigenvalue weighted by molar-refractivity contribution is 0.323. The first kappa shape index (κ1) is 12.4. The first-order chi connectivity index (χ1) is 8.21. The molecule has 0 amide bonds. The van der Waals surface area contributed by atoms with Crippen LogP contribution in [-0.4, -0.2) is 33.1 Å². The largest absolute Gasteiger partial charge is 0.493 e. The number of nitrogens with two attached hydrogens (primary N) is 1. The van der Waals surface area contributed by atoms with Crippen molar-refractivity contribution >= 4 is 11.8 Å². The van der Waals surface area contributed by atoms with Gasteiger partial charge in [0.1, 0.15) is 0 Å². The summed E-state index contributed by atoms with van der Waals surface area (Å²) in [6.07, 6.45) is 0. The molecule has 4 nitrogen and oxygen atoms in total. The molecule has 1 aromatic carbocycles. The maximum absolute atomic E-state index is 5.97. The van der Waals surface area contributed by atoms with Gasteiger partial charge in [-0.25, -0.2) is 0 Å². The van der Waals surface area contributed by atoms with Crippen molar-refractivity contribution in [1.29, 1.82) is 0 Å². The van der Waals surface area contributed by atoms with Gasteiger partial charge in [-0.1, -0.05) is 0 Å². The topological polar surface area (TPSA) is 53.7 Å². The van der Waals surface area contributed by atoms with E-state index in [1.807, 2.05) is 23.9 Å². The van der Waals surface area contributed by atoms with Crippen LogP contribution in [0.4, 0.5) is 0 Å². The zero-order valence-electron chi connectivity index (χ0n) is 10.2. The zero-order chi connectivity index (χ0) is 12.4. The second-order valence-corrected chi connectivity index (χ2v) is 5.05. The highest BCUT2D eigenvalue weighted by Crippen LogP contribution is 2.47. The Morgan fingerprint density at radius 2 is 1.71 bits per heavy atom. The summed E-state index contributed by atoms with van der Waals surface area (Å²) in [5.74, 6) is 2.99. The average molecular weight is 255 g/mol. The Labute approximate surface area is 105 Å². The van der Waals surface area contributed by atoms with E-state index < -0.39 is 0 Å². The molecule has 1 aliphatic rings. The van der Waals surface area contributed by atoms with Crippen LogP contribution in [0.5, 0.6) is 17.2 Å². The lowest BCUT2D eigenvalue weighted by Crippen LogP contribution is -2.37. The van der Waals surface area contributed by atoms with Gasteiger partial charge in [-0.05, 0) is 17.7 Å². The Morgan fingerprint density at radius 1 is 1.12 bits per heavy atom. The second kappa shape index (κ2) is 5.06. The molecule has 1 heterocycles. The molecule has 2 N–H and O–H groups in total. The van der Waals surface area contributed by atoms with E-state index in [-0.39, 0.29) is 6.04 Å². The minimum absolute atomic E-state index is 0.211. The Kier molecular flexibility index (Phi) is 3.69. The molecule has 1 fully saturated rings. The highest BCUT2D eigenvalue weighted by Gasteiger charge is 2.31. The Bertz CT molecular complexity index is 386. The summed E-state index contributed by atoms with van der Waals surface area (Å²) >= 11 is 1.84. The summed E-state index contributed by atoms with van der Waals surface area (Å²) < 4.78 is 15.9. The molecule has 0 spiro atoms. The molecule has 1 saturated heterocycles.